The Morgan fingerprint density at radius 1 is 1.62 bits per heavy atom. The summed E-state index contributed by atoms with van der Waals surface area (Å²) >= 11 is 3.87. The zero-order chi connectivity index (χ0) is 11.4. The van der Waals surface area contributed by atoms with E-state index in [9.17, 15) is 0 Å². The van der Waals surface area contributed by atoms with Gasteiger partial charge in [0.2, 0.25) is 0 Å². The Labute approximate surface area is 106 Å². The fourth-order valence-electron chi connectivity index (χ4n) is 2.34. The number of aromatic nitrogens is 1. The molecule has 0 bridgehead atoms. The van der Waals surface area contributed by atoms with E-state index in [-0.39, 0.29) is 5.54 Å². The molecule has 2 nitrogen and oxygen atoms in total. The Kier molecular flexibility index (Phi) is 4.27. The molecule has 16 heavy (non-hydrogen) atoms. The summed E-state index contributed by atoms with van der Waals surface area (Å²) in [7, 11) is 0. The van der Waals surface area contributed by atoms with Gasteiger partial charge in [0.05, 0.1) is 5.54 Å². The molecular formula is C12H20N2S2. The summed E-state index contributed by atoms with van der Waals surface area (Å²) in [5.74, 6) is 1.29. The number of nitrogens with one attached hydrogen (secondary N) is 1. The molecule has 0 spiro atoms. The Balaban J connectivity index is 2.24. The van der Waals surface area contributed by atoms with Gasteiger partial charge in [0.25, 0.3) is 0 Å². The first-order valence-electron chi connectivity index (χ1n) is 6.06. The van der Waals surface area contributed by atoms with Crippen LogP contribution >= 0.6 is 23.1 Å². The van der Waals surface area contributed by atoms with E-state index in [0.29, 0.717) is 5.25 Å². The van der Waals surface area contributed by atoms with Crippen LogP contribution in [0, 0.1) is 0 Å². The van der Waals surface area contributed by atoms with Crippen molar-refractivity contribution in [2.24, 2.45) is 0 Å². The molecule has 90 valence electrons. The molecule has 2 atom stereocenters. The van der Waals surface area contributed by atoms with Crippen molar-refractivity contribution < 1.29 is 0 Å². The van der Waals surface area contributed by atoms with E-state index < -0.39 is 0 Å². The van der Waals surface area contributed by atoms with Crippen LogP contribution in [0.15, 0.2) is 11.6 Å². The van der Waals surface area contributed by atoms with Gasteiger partial charge in [-0.25, -0.2) is 4.98 Å². The van der Waals surface area contributed by atoms with Gasteiger partial charge >= 0.3 is 0 Å². The number of hydrogen-bond acceptors (Lipinski definition) is 4. The Morgan fingerprint density at radius 2 is 2.50 bits per heavy atom. The number of thiazole rings is 1. The molecule has 1 aliphatic rings. The second-order valence-corrected chi connectivity index (χ2v) is 6.70. The lowest BCUT2D eigenvalue weighted by Crippen LogP contribution is -2.51. The van der Waals surface area contributed by atoms with Gasteiger partial charge in [-0.15, -0.1) is 11.3 Å². The third kappa shape index (κ3) is 2.29. The highest BCUT2D eigenvalue weighted by Gasteiger charge is 2.41. The monoisotopic (exact) mass is 256 g/mol. The molecular weight excluding hydrogens is 236 g/mol. The number of rotatable bonds is 4. The van der Waals surface area contributed by atoms with Gasteiger partial charge in [0, 0.05) is 16.8 Å². The molecule has 2 rings (SSSR count). The predicted octanol–water partition coefficient (Wildman–Crippen LogP) is 3.25. The molecule has 0 radical (unpaired) electrons. The van der Waals surface area contributed by atoms with E-state index in [4.69, 9.17) is 0 Å². The summed E-state index contributed by atoms with van der Waals surface area (Å²) in [6, 6.07) is 0. The van der Waals surface area contributed by atoms with Gasteiger partial charge in [-0.05, 0) is 31.6 Å². The van der Waals surface area contributed by atoms with Gasteiger partial charge in [-0.3, -0.25) is 0 Å². The highest BCUT2D eigenvalue weighted by atomic mass is 32.2. The lowest BCUT2D eigenvalue weighted by atomic mass is 9.90. The topological polar surface area (TPSA) is 24.9 Å². The SMILES string of the molecule is CCCNC1(c2nccs2)CCCSC1C. The van der Waals surface area contributed by atoms with E-state index in [1.807, 2.05) is 6.20 Å². The standard InChI is InChI=1S/C12H20N2S2/c1-3-6-14-12(11-13-7-9-16-11)5-4-8-15-10(12)2/h7,9-10,14H,3-6,8H2,1-2H3. The molecule has 0 aliphatic carbocycles. The first-order chi connectivity index (χ1) is 7.79. The molecule has 1 N–H and O–H groups in total. The minimum atomic E-state index is 0.132. The van der Waals surface area contributed by atoms with Crippen LogP contribution in [0.2, 0.25) is 0 Å². The van der Waals surface area contributed by atoms with Crippen LogP contribution in [0.3, 0.4) is 0 Å². The van der Waals surface area contributed by atoms with Gasteiger partial charge in [0.1, 0.15) is 5.01 Å². The van der Waals surface area contributed by atoms with Crippen LogP contribution in [0.5, 0.6) is 0 Å². The second kappa shape index (κ2) is 5.52. The van der Waals surface area contributed by atoms with Gasteiger partial charge in [0.15, 0.2) is 0 Å². The molecule has 1 aromatic heterocycles. The minimum absolute atomic E-state index is 0.132. The molecule has 0 saturated carbocycles. The van der Waals surface area contributed by atoms with Crippen LogP contribution in [0.25, 0.3) is 0 Å². The first kappa shape index (κ1) is 12.4. The molecule has 1 saturated heterocycles. The maximum atomic E-state index is 4.56. The number of hydrogen-bond donors (Lipinski definition) is 1. The third-order valence-corrected chi connectivity index (χ3v) is 5.66. The highest BCUT2D eigenvalue weighted by Crippen LogP contribution is 2.42. The number of thioether (sulfide) groups is 1. The second-order valence-electron chi connectivity index (χ2n) is 4.35. The van der Waals surface area contributed by atoms with Crippen molar-refractivity contribution in [3.63, 3.8) is 0 Å². The third-order valence-electron chi connectivity index (χ3n) is 3.28. The maximum Gasteiger partial charge on any atom is 0.114 e. The van der Waals surface area contributed by atoms with Crippen molar-refractivity contribution in [2.75, 3.05) is 12.3 Å². The van der Waals surface area contributed by atoms with Gasteiger partial charge in [-0.2, -0.15) is 11.8 Å². The average molecular weight is 256 g/mol. The van der Waals surface area contributed by atoms with Crippen molar-refractivity contribution in [1.82, 2.24) is 10.3 Å². The maximum absolute atomic E-state index is 4.56. The first-order valence-corrected chi connectivity index (χ1v) is 7.99. The largest absolute Gasteiger partial charge is 0.305 e. The summed E-state index contributed by atoms with van der Waals surface area (Å²) in [5, 5.41) is 7.76. The quantitative estimate of drug-likeness (QED) is 0.895. The molecule has 4 heteroatoms. The highest BCUT2D eigenvalue weighted by molar-refractivity contribution is 8.00. The van der Waals surface area contributed by atoms with E-state index in [1.54, 1.807) is 11.3 Å². The summed E-state index contributed by atoms with van der Waals surface area (Å²) < 4.78 is 0. The fourth-order valence-corrected chi connectivity index (χ4v) is 4.61. The van der Waals surface area contributed by atoms with Gasteiger partial charge in [-0.1, -0.05) is 13.8 Å². The number of nitrogens with zero attached hydrogens (tertiary/aromatic N) is 1. The van der Waals surface area contributed by atoms with E-state index >= 15 is 0 Å². The van der Waals surface area contributed by atoms with Crippen molar-refractivity contribution in [1.29, 1.82) is 0 Å². The van der Waals surface area contributed by atoms with Crippen LogP contribution < -0.4 is 5.32 Å². The van der Waals surface area contributed by atoms with Crippen LogP contribution in [0.1, 0.15) is 38.1 Å². The van der Waals surface area contributed by atoms with Crippen LogP contribution in [-0.4, -0.2) is 22.5 Å². The van der Waals surface area contributed by atoms with E-state index in [2.05, 4.69) is 41.3 Å². The molecule has 0 aromatic carbocycles. The molecule has 2 unspecified atom stereocenters. The van der Waals surface area contributed by atoms with Crippen molar-refractivity contribution in [3.05, 3.63) is 16.6 Å². The summed E-state index contributed by atoms with van der Waals surface area (Å²) in [5.41, 5.74) is 0.132. The molecule has 1 aliphatic heterocycles. The van der Waals surface area contributed by atoms with Crippen LogP contribution in [-0.2, 0) is 5.54 Å². The smallest absolute Gasteiger partial charge is 0.114 e. The Hall–Kier alpha value is -0.0600. The van der Waals surface area contributed by atoms with E-state index in [0.717, 1.165) is 6.54 Å². The normalized spacial score (nSPS) is 30.5. The summed E-state index contributed by atoms with van der Waals surface area (Å²) in [4.78, 5) is 4.56. The molecule has 2 heterocycles. The van der Waals surface area contributed by atoms with Crippen molar-refractivity contribution in [2.45, 2.75) is 43.9 Å². The molecule has 1 aromatic rings. The Morgan fingerprint density at radius 3 is 3.12 bits per heavy atom. The summed E-state index contributed by atoms with van der Waals surface area (Å²) in [6.07, 6.45) is 5.64. The van der Waals surface area contributed by atoms with E-state index in [1.165, 1.54) is 30.0 Å². The summed E-state index contributed by atoms with van der Waals surface area (Å²) in [6.45, 7) is 5.65. The zero-order valence-corrected chi connectivity index (χ0v) is 11.7. The fraction of sp³-hybridized carbons (Fsp3) is 0.750. The lowest BCUT2D eigenvalue weighted by Gasteiger charge is -2.41. The van der Waals surface area contributed by atoms with Gasteiger partial charge < -0.3 is 5.32 Å². The van der Waals surface area contributed by atoms with Crippen LogP contribution in [0.4, 0.5) is 0 Å². The van der Waals surface area contributed by atoms with Crippen molar-refractivity contribution >= 4 is 23.1 Å². The average Bonchev–Trinajstić information content (AvgIpc) is 2.82. The Bertz CT molecular complexity index is 313. The minimum Gasteiger partial charge on any atom is -0.305 e. The predicted molar refractivity (Wildman–Crippen MR) is 73.2 cm³/mol. The zero-order valence-electron chi connectivity index (χ0n) is 10.0. The molecule has 1 fully saturated rings. The van der Waals surface area contributed by atoms with Crippen molar-refractivity contribution in [3.8, 4) is 0 Å². The molecule has 0 amide bonds. The lowest BCUT2D eigenvalue weighted by molar-refractivity contribution is 0.295.